The van der Waals surface area contributed by atoms with E-state index in [2.05, 4.69) is 0 Å². The molecule has 0 aliphatic rings. The molecule has 0 saturated carbocycles. The third-order valence-corrected chi connectivity index (χ3v) is 3.02. The maximum atomic E-state index is 8.97. The molecule has 0 bridgehead atoms. The average Bonchev–Trinajstić information content (AvgIpc) is 2.46. The van der Waals surface area contributed by atoms with Crippen LogP contribution >= 0.6 is 0 Å². The van der Waals surface area contributed by atoms with E-state index >= 15 is 0 Å². The molecular weight excluding hydrogens is 238 g/mol. The Hall–Kier alpha value is -1.84. The van der Waals surface area contributed by atoms with E-state index < -0.39 is 0 Å². The average molecular weight is 257 g/mol. The predicted octanol–water partition coefficient (Wildman–Crippen LogP) is 2.78. The summed E-state index contributed by atoms with van der Waals surface area (Å²) in [6, 6.07) is 15.6. The van der Waals surface area contributed by atoms with Gasteiger partial charge in [-0.25, -0.2) is 0 Å². The standard InChI is InChI=1S/C16H19NO2/c1-12(17)15-6-8-16(9-7-15)19-11-14-4-2-13(10-18)3-5-14/h2-9,12,18H,10-11,17H2,1H3/t12-/m1/s1. The fraction of sp³-hybridized carbons (Fsp3) is 0.250. The highest BCUT2D eigenvalue weighted by Gasteiger charge is 2.00. The summed E-state index contributed by atoms with van der Waals surface area (Å²) in [5.74, 6) is 0.829. The molecule has 19 heavy (non-hydrogen) atoms. The van der Waals surface area contributed by atoms with Gasteiger partial charge < -0.3 is 15.6 Å². The molecule has 2 aromatic rings. The fourth-order valence-electron chi connectivity index (χ4n) is 1.78. The Kier molecular flexibility index (Phi) is 4.55. The molecule has 0 aromatic heterocycles. The van der Waals surface area contributed by atoms with Crippen molar-refractivity contribution >= 4 is 0 Å². The van der Waals surface area contributed by atoms with Crippen LogP contribution in [0.4, 0.5) is 0 Å². The van der Waals surface area contributed by atoms with Crippen molar-refractivity contribution in [3.05, 3.63) is 65.2 Å². The summed E-state index contributed by atoms with van der Waals surface area (Å²) in [7, 11) is 0. The van der Waals surface area contributed by atoms with Crippen LogP contribution in [0.15, 0.2) is 48.5 Å². The van der Waals surface area contributed by atoms with Crippen LogP contribution in [0.5, 0.6) is 5.75 Å². The van der Waals surface area contributed by atoms with E-state index in [1.165, 1.54) is 0 Å². The van der Waals surface area contributed by atoms with Crippen LogP contribution < -0.4 is 10.5 Å². The first-order chi connectivity index (χ1) is 9.19. The van der Waals surface area contributed by atoms with E-state index in [0.29, 0.717) is 6.61 Å². The van der Waals surface area contributed by atoms with E-state index in [0.717, 1.165) is 22.4 Å². The predicted molar refractivity (Wildman–Crippen MR) is 75.7 cm³/mol. The van der Waals surface area contributed by atoms with Crippen LogP contribution in [0, 0.1) is 0 Å². The summed E-state index contributed by atoms with van der Waals surface area (Å²) in [5, 5.41) is 8.97. The van der Waals surface area contributed by atoms with Gasteiger partial charge in [-0.2, -0.15) is 0 Å². The molecule has 0 spiro atoms. The minimum Gasteiger partial charge on any atom is -0.489 e. The Bertz CT molecular complexity index is 503. The second-order valence-corrected chi connectivity index (χ2v) is 4.62. The fourth-order valence-corrected chi connectivity index (χ4v) is 1.78. The number of aliphatic hydroxyl groups is 1. The van der Waals surface area contributed by atoms with Gasteiger partial charge in [-0.1, -0.05) is 36.4 Å². The second kappa shape index (κ2) is 6.36. The highest BCUT2D eigenvalue weighted by atomic mass is 16.5. The highest BCUT2D eigenvalue weighted by molar-refractivity contribution is 5.29. The van der Waals surface area contributed by atoms with Crippen molar-refractivity contribution in [1.29, 1.82) is 0 Å². The lowest BCUT2D eigenvalue weighted by Gasteiger charge is -2.09. The number of nitrogens with two attached hydrogens (primary N) is 1. The van der Waals surface area contributed by atoms with Crippen molar-refractivity contribution in [2.24, 2.45) is 5.73 Å². The molecule has 2 rings (SSSR count). The Morgan fingerprint density at radius 2 is 1.58 bits per heavy atom. The first-order valence-corrected chi connectivity index (χ1v) is 6.36. The number of rotatable bonds is 5. The maximum Gasteiger partial charge on any atom is 0.119 e. The van der Waals surface area contributed by atoms with Crippen LogP contribution in [0.1, 0.15) is 29.7 Å². The Morgan fingerprint density at radius 3 is 2.11 bits per heavy atom. The smallest absolute Gasteiger partial charge is 0.119 e. The summed E-state index contributed by atoms with van der Waals surface area (Å²) in [5.41, 5.74) is 8.88. The van der Waals surface area contributed by atoms with Gasteiger partial charge in [0.15, 0.2) is 0 Å². The zero-order valence-electron chi connectivity index (χ0n) is 11.0. The van der Waals surface area contributed by atoms with Gasteiger partial charge in [0.25, 0.3) is 0 Å². The highest BCUT2D eigenvalue weighted by Crippen LogP contribution is 2.17. The van der Waals surface area contributed by atoms with Crippen LogP contribution in [-0.4, -0.2) is 5.11 Å². The van der Waals surface area contributed by atoms with Gasteiger partial charge in [0.2, 0.25) is 0 Å². The van der Waals surface area contributed by atoms with E-state index in [-0.39, 0.29) is 12.6 Å². The molecule has 0 unspecified atom stereocenters. The number of ether oxygens (including phenoxy) is 1. The number of hydrogen-bond acceptors (Lipinski definition) is 3. The van der Waals surface area contributed by atoms with Crippen molar-refractivity contribution in [2.75, 3.05) is 0 Å². The van der Waals surface area contributed by atoms with Gasteiger partial charge >= 0.3 is 0 Å². The molecule has 3 N–H and O–H groups in total. The van der Waals surface area contributed by atoms with Gasteiger partial charge in [0.05, 0.1) is 6.61 Å². The largest absolute Gasteiger partial charge is 0.489 e. The molecule has 0 amide bonds. The molecule has 0 radical (unpaired) electrons. The van der Waals surface area contributed by atoms with Crippen LogP contribution in [0.25, 0.3) is 0 Å². The topological polar surface area (TPSA) is 55.5 Å². The van der Waals surface area contributed by atoms with Gasteiger partial charge in [-0.15, -0.1) is 0 Å². The van der Waals surface area contributed by atoms with Crippen molar-refractivity contribution in [3.63, 3.8) is 0 Å². The summed E-state index contributed by atoms with van der Waals surface area (Å²) >= 11 is 0. The molecule has 0 aliphatic carbocycles. The summed E-state index contributed by atoms with van der Waals surface area (Å²) in [4.78, 5) is 0. The zero-order valence-corrected chi connectivity index (χ0v) is 11.0. The van der Waals surface area contributed by atoms with Gasteiger partial charge in [0.1, 0.15) is 12.4 Å². The van der Waals surface area contributed by atoms with Crippen molar-refractivity contribution in [3.8, 4) is 5.75 Å². The Morgan fingerprint density at radius 1 is 1.00 bits per heavy atom. The van der Waals surface area contributed by atoms with Crippen molar-refractivity contribution < 1.29 is 9.84 Å². The van der Waals surface area contributed by atoms with Crippen LogP contribution in [0.3, 0.4) is 0 Å². The van der Waals surface area contributed by atoms with Gasteiger partial charge in [-0.3, -0.25) is 0 Å². The van der Waals surface area contributed by atoms with Crippen molar-refractivity contribution in [2.45, 2.75) is 26.2 Å². The molecule has 3 heteroatoms. The Balaban J connectivity index is 1.94. The summed E-state index contributed by atoms with van der Waals surface area (Å²) in [6.07, 6.45) is 0. The lowest BCUT2D eigenvalue weighted by Crippen LogP contribution is -2.04. The number of hydrogen-bond donors (Lipinski definition) is 2. The molecule has 3 nitrogen and oxygen atoms in total. The molecule has 0 fully saturated rings. The quantitative estimate of drug-likeness (QED) is 0.866. The first-order valence-electron chi connectivity index (χ1n) is 6.36. The summed E-state index contributed by atoms with van der Waals surface area (Å²) < 4.78 is 5.70. The second-order valence-electron chi connectivity index (χ2n) is 4.62. The third-order valence-electron chi connectivity index (χ3n) is 3.02. The lowest BCUT2D eigenvalue weighted by atomic mass is 10.1. The molecule has 100 valence electrons. The van der Waals surface area contributed by atoms with Gasteiger partial charge in [-0.05, 0) is 35.7 Å². The van der Waals surface area contributed by atoms with E-state index in [4.69, 9.17) is 15.6 Å². The molecule has 0 aliphatic heterocycles. The minimum absolute atomic E-state index is 0.0417. The molecule has 0 heterocycles. The van der Waals surface area contributed by atoms with Gasteiger partial charge in [0, 0.05) is 6.04 Å². The monoisotopic (exact) mass is 257 g/mol. The van der Waals surface area contributed by atoms with E-state index in [9.17, 15) is 0 Å². The SMILES string of the molecule is C[C@@H](N)c1ccc(OCc2ccc(CO)cc2)cc1. The molecule has 2 aromatic carbocycles. The normalized spacial score (nSPS) is 12.2. The number of aliphatic hydroxyl groups excluding tert-OH is 1. The third kappa shape index (κ3) is 3.81. The Labute approximate surface area is 113 Å². The number of benzene rings is 2. The van der Waals surface area contributed by atoms with E-state index in [1.54, 1.807) is 0 Å². The molecule has 1 atom stereocenters. The molecule has 0 saturated heterocycles. The lowest BCUT2D eigenvalue weighted by molar-refractivity contribution is 0.281. The zero-order chi connectivity index (χ0) is 13.7. The van der Waals surface area contributed by atoms with E-state index in [1.807, 2.05) is 55.5 Å². The molecular formula is C16H19NO2. The van der Waals surface area contributed by atoms with Crippen LogP contribution in [-0.2, 0) is 13.2 Å². The first kappa shape index (κ1) is 13.6. The minimum atomic E-state index is 0.0417. The van der Waals surface area contributed by atoms with Crippen LogP contribution in [0.2, 0.25) is 0 Å². The summed E-state index contributed by atoms with van der Waals surface area (Å²) in [6.45, 7) is 2.54. The van der Waals surface area contributed by atoms with Crippen molar-refractivity contribution in [1.82, 2.24) is 0 Å². The maximum absolute atomic E-state index is 8.97.